The highest BCUT2D eigenvalue weighted by molar-refractivity contribution is 6.04. The van der Waals surface area contributed by atoms with E-state index in [0.717, 1.165) is 12.8 Å². The first-order valence-electron chi connectivity index (χ1n) is 6.73. The first-order valence-corrected chi connectivity index (χ1v) is 6.73. The third-order valence-corrected chi connectivity index (χ3v) is 3.22. The van der Waals surface area contributed by atoms with Crippen molar-refractivity contribution in [3.8, 4) is 11.8 Å². The van der Waals surface area contributed by atoms with Crippen molar-refractivity contribution in [2.24, 2.45) is 5.92 Å². The molecule has 0 aliphatic heterocycles. The Morgan fingerprint density at radius 1 is 1.21 bits per heavy atom. The van der Waals surface area contributed by atoms with Crippen molar-refractivity contribution in [2.45, 2.75) is 51.4 Å². The normalized spacial score (nSPS) is 15.8. The highest BCUT2D eigenvalue weighted by atomic mass is 16.5. The first-order chi connectivity index (χ1) is 9.15. The number of carbonyl (C=O) groups excluding carboxylic acids is 3. The van der Waals surface area contributed by atoms with E-state index in [1.54, 1.807) is 0 Å². The minimum atomic E-state index is -0.490. The van der Waals surface area contributed by atoms with Crippen LogP contribution in [0.2, 0.25) is 0 Å². The molecule has 0 unspecified atom stereocenters. The summed E-state index contributed by atoms with van der Waals surface area (Å²) in [6, 6.07) is 0. The summed E-state index contributed by atoms with van der Waals surface area (Å²) in [4.78, 5) is 33.9. The quantitative estimate of drug-likeness (QED) is 0.330. The minimum Gasteiger partial charge on any atom is -0.469 e. The summed E-state index contributed by atoms with van der Waals surface area (Å²) in [5.74, 6) is 5.25. The van der Waals surface area contributed by atoms with Gasteiger partial charge in [0.05, 0.1) is 13.0 Å². The number of rotatable bonds is 5. The van der Waals surface area contributed by atoms with E-state index >= 15 is 0 Å². The van der Waals surface area contributed by atoms with Crippen LogP contribution in [0.4, 0.5) is 0 Å². The number of unbranched alkanes of at least 4 members (excludes halogenated alkanes) is 2. The Kier molecular flexibility index (Phi) is 6.88. The van der Waals surface area contributed by atoms with Gasteiger partial charge >= 0.3 is 5.97 Å². The summed E-state index contributed by atoms with van der Waals surface area (Å²) in [5.41, 5.74) is 0. The van der Waals surface area contributed by atoms with Crippen LogP contribution in [0.1, 0.15) is 51.4 Å². The fourth-order valence-corrected chi connectivity index (χ4v) is 2.04. The zero-order chi connectivity index (χ0) is 14.1. The van der Waals surface area contributed by atoms with Gasteiger partial charge in [0.2, 0.25) is 0 Å². The molecule has 0 bridgehead atoms. The van der Waals surface area contributed by atoms with Crippen molar-refractivity contribution in [3.63, 3.8) is 0 Å². The van der Waals surface area contributed by atoms with Gasteiger partial charge in [0, 0.05) is 32.1 Å². The molecule has 0 spiro atoms. The molecule has 0 radical (unpaired) electrons. The molecule has 0 atom stereocenters. The molecule has 0 aromatic rings. The van der Waals surface area contributed by atoms with Crippen LogP contribution in [0.15, 0.2) is 0 Å². The van der Waals surface area contributed by atoms with Crippen LogP contribution in [0, 0.1) is 17.8 Å². The maximum absolute atomic E-state index is 11.5. The number of hydrogen-bond donors (Lipinski definition) is 0. The van der Waals surface area contributed by atoms with Crippen LogP contribution < -0.4 is 0 Å². The van der Waals surface area contributed by atoms with E-state index in [1.807, 2.05) is 0 Å². The van der Waals surface area contributed by atoms with E-state index in [0.29, 0.717) is 38.5 Å². The molecule has 0 saturated heterocycles. The predicted molar refractivity (Wildman–Crippen MR) is 70.2 cm³/mol. The minimum absolute atomic E-state index is 0.0382. The molecular formula is C15H20O4. The Hall–Kier alpha value is -1.63. The van der Waals surface area contributed by atoms with Crippen LogP contribution in [0.25, 0.3) is 0 Å². The van der Waals surface area contributed by atoms with Crippen molar-refractivity contribution in [1.29, 1.82) is 0 Å². The van der Waals surface area contributed by atoms with Crippen molar-refractivity contribution < 1.29 is 19.1 Å². The summed E-state index contributed by atoms with van der Waals surface area (Å²) in [7, 11) is 1.38. The average molecular weight is 264 g/mol. The van der Waals surface area contributed by atoms with Gasteiger partial charge in [0.1, 0.15) is 11.6 Å². The number of hydrogen-bond acceptors (Lipinski definition) is 4. The highest BCUT2D eigenvalue weighted by Gasteiger charge is 2.28. The molecule has 104 valence electrons. The fraction of sp³-hybridized carbons (Fsp3) is 0.667. The van der Waals surface area contributed by atoms with Crippen LogP contribution in [0.3, 0.4) is 0 Å². The van der Waals surface area contributed by atoms with Gasteiger partial charge in [0.15, 0.2) is 0 Å². The standard InChI is InChI=1S/C15H20O4/c1-19-15(18)11-6-4-2-3-5-8-12-13(16)9-7-10-14(12)17/h12H,2,4,6-11H2,1H3. The van der Waals surface area contributed by atoms with E-state index in [2.05, 4.69) is 16.6 Å². The molecule has 1 aliphatic carbocycles. The zero-order valence-electron chi connectivity index (χ0n) is 11.4. The van der Waals surface area contributed by atoms with Crippen LogP contribution >= 0.6 is 0 Å². The van der Waals surface area contributed by atoms with Crippen molar-refractivity contribution in [3.05, 3.63) is 0 Å². The Morgan fingerprint density at radius 3 is 2.53 bits per heavy atom. The SMILES string of the molecule is COC(=O)CCCCC#CCC1C(=O)CCCC1=O. The van der Waals surface area contributed by atoms with Crippen LogP contribution in [-0.2, 0) is 19.1 Å². The molecule has 4 nitrogen and oxygen atoms in total. The topological polar surface area (TPSA) is 60.4 Å². The number of Topliss-reactive ketones (excluding diaryl/α,β-unsaturated/α-hetero) is 2. The average Bonchev–Trinajstić information content (AvgIpc) is 2.40. The van der Waals surface area contributed by atoms with Gasteiger partial charge in [-0.25, -0.2) is 0 Å². The number of carbonyl (C=O) groups is 3. The van der Waals surface area contributed by atoms with Crippen molar-refractivity contribution in [1.82, 2.24) is 0 Å². The van der Waals surface area contributed by atoms with Gasteiger partial charge in [-0.1, -0.05) is 0 Å². The second kappa shape index (κ2) is 8.47. The van der Waals surface area contributed by atoms with Gasteiger partial charge in [-0.15, -0.1) is 11.8 Å². The van der Waals surface area contributed by atoms with Crippen LogP contribution in [0.5, 0.6) is 0 Å². The van der Waals surface area contributed by atoms with Crippen molar-refractivity contribution >= 4 is 17.5 Å². The van der Waals surface area contributed by atoms with Gasteiger partial charge in [-0.05, 0) is 19.3 Å². The van der Waals surface area contributed by atoms with E-state index in [9.17, 15) is 14.4 Å². The lowest BCUT2D eigenvalue weighted by atomic mass is 9.85. The molecule has 19 heavy (non-hydrogen) atoms. The van der Waals surface area contributed by atoms with Crippen molar-refractivity contribution in [2.75, 3.05) is 7.11 Å². The Balaban J connectivity index is 2.18. The predicted octanol–water partition coefficient (Wildman–Crippen LogP) is 2.05. The molecular weight excluding hydrogens is 244 g/mol. The lowest BCUT2D eigenvalue weighted by molar-refractivity contribution is -0.141. The second-order valence-corrected chi connectivity index (χ2v) is 4.68. The molecule has 0 heterocycles. The van der Waals surface area contributed by atoms with E-state index < -0.39 is 5.92 Å². The molecule has 0 aromatic heterocycles. The third-order valence-electron chi connectivity index (χ3n) is 3.22. The number of ether oxygens (including phenoxy) is 1. The van der Waals surface area contributed by atoms with Gasteiger partial charge in [-0.3, -0.25) is 14.4 Å². The molecule has 1 rings (SSSR count). The monoisotopic (exact) mass is 264 g/mol. The molecule has 4 heteroatoms. The largest absolute Gasteiger partial charge is 0.469 e. The second-order valence-electron chi connectivity index (χ2n) is 4.68. The maximum Gasteiger partial charge on any atom is 0.305 e. The molecule has 0 aromatic carbocycles. The maximum atomic E-state index is 11.5. The lowest BCUT2D eigenvalue weighted by Crippen LogP contribution is -2.28. The third kappa shape index (κ3) is 5.69. The molecule has 0 N–H and O–H groups in total. The van der Waals surface area contributed by atoms with Crippen LogP contribution in [-0.4, -0.2) is 24.6 Å². The van der Waals surface area contributed by atoms with E-state index in [4.69, 9.17) is 0 Å². The number of methoxy groups -OCH3 is 1. The lowest BCUT2D eigenvalue weighted by Gasteiger charge is -2.16. The molecule has 0 amide bonds. The molecule has 1 fully saturated rings. The summed E-state index contributed by atoms with van der Waals surface area (Å²) in [5, 5.41) is 0. The zero-order valence-corrected chi connectivity index (χ0v) is 11.4. The molecule has 1 aliphatic rings. The summed E-state index contributed by atoms with van der Waals surface area (Å²) in [6.45, 7) is 0. The Bertz CT molecular complexity index is 384. The smallest absolute Gasteiger partial charge is 0.305 e. The Morgan fingerprint density at radius 2 is 1.89 bits per heavy atom. The number of ketones is 2. The van der Waals surface area contributed by atoms with E-state index in [1.165, 1.54) is 7.11 Å². The van der Waals surface area contributed by atoms with Gasteiger partial charge in [-0.2, -0.15) is 0 Å². The van der Waals surface area contributed by atoms with Gasteiger partial charge in [0.25, 0.3) is 0 Å². The number of esters is 1. The summed E-state index contributed by atoms with van der Waals surface area (Å²) < 4.78 is 4.53. The summed E-state index contributed by atoms with van der Waals surface area (Å²) >= 11 is 0. The Labute approximate surface area is 113 Å². The summed E-state index contributed by atoms with van der Waals surface area (Å²) in [6.07, 6.45) is 4.75. The fourth-order valence-electron chi connectivity index (χ4n) is 2.04. The van der Waals surface area contributed by atoms with E-state index in [-0.39, 0.29) is 17.5 Å². The first kappa shape index (κ1) is 15.4. The molecule has 1 saturated carbocycles. The highest BCUT2D eigenvalue weighted by Crippen LogP contribution is 2.19. The van der Waals surface area contributed by atoms with Gasteiger partial charge < -0.3 is 4.74 Å².